The van der Waals surface area contributed by atoms with Gasteiger partial charge in [-0.15, -0.1) is 0 Å². The van der Waals surface area contributed by atoms with Gasteiger partial charge in [0, 0.05) is 47.8 Å². The lowest BCUT2D eigenvalue weighted by molar-refractivity contribution is -0.127. The molecule has 51 heavy (non-hydrogen) atoms. The fourth-order valence-corrected chi connectivity index (χ4v) is 8.18. The van der Waals surface area contributed by atoms with Crippen molar-refractivity contribution < 1.29 is 44.7 Å². The van der Waals surface area contributed by atoms with E-state index >= 15 is 0 Å². The second-order valence-corrected chi connectivity index (χ2v) is 16.3. The molecule has 9 heteroatoms. The lowest BCUT2D eigenvalue weighted by Gasteiger charge is -2.51. The maximum absolute atomic E-state index is 14.1. The largest absolute Gasteiger partial charge is 0.511 e. The molecule has 1 aromatic rings. The molecule has 3 aliphatic rings. The molecule has 0 radical (unpaired) electrons. The molecule has 1 fully saturated rings. The first-order chi connectivity index (χ1) is 23.7. The third kappa shape index (κ3) is 7.69. The molecule has 2 aliphatic carbocycles. The topological polar surface area (TPSA) is 162 Å². The Hall–Kier alpha value is -3.85. The summed E-state index contributed by atoms with van der Waals surface area (Å²) in [6.45, 7) is 16.7. The van der Waals surface area contributed by atoms with Gasteiger partial charge in [0.2, 0.25) is 0 Å². The molecule has 280 valence electrons. The Balaban J connectivity index is 1.99. The van der Waals surface area contributed by atoms with Crippen molar-refractivity contribution in [3.05, 3.63) is 62.7 Å². The molecule has 0 bridgehead atoms. The standard InChI is InChI=1S/C42H58O9/c1-10-13-29(43)32-34(45)25(37-31(36(32)47)27-22-41(8,50)19-18-28(27)40(6,7)51-37)21-26-35(46)33(30(44)14-11-2)39(49)42(9,38(26)48)20-17-24(5)16-12-15-23(3)4/h15,17,27-28,45-48,50H,10-14,16,18-22H2,1-9H3/t27-,28+,41-,42-/m1/s1. The molecule has 1 aromatic carbocycles. The van der Waals surface area contributed by atoms with E-state index in [1.165, 1.54) is 5.57 Å². The highest BCUT2D eigenvalue weighted by molar-refractivity contribution is 6.24. The molecule has 0 saturated heterocycles. The van der Waals surface area contributed by atoms with E-state index < -0.39 is 74.9 Å². The van der Waals surface area contributed by atoms with Crippen molar-refractivity contribution in [2.75, 3.05) is 0 Å². The molecular formula is C42H58O9. The minimum Gasteiger partial charge on any atom is -0.511 e. The molecular weight excluding hydrogens is 648 g/mol. The Morgan fingerprint density at radius 3 is 2.14 bits per heavy atom. The van der Waals surface area contributed by atoms with E-state index in [0.29, 0.717) is 31.2 Å². The summed E-state index contributed by atoms with van der Waals surface area (Å²) in [6, 6.07) is 0. The zero-order chi connectivity index (χ0) is 38.2. The SMILES string of the molecule is CCCC(=O)C1=C(O)C(Cc2c(O)c(C(=O)CCC)c(O)c3c2OC(C)(C)[C@H]2CC[C@@](C)(O)C[C@@H]32)=C(O)[C@@](C)(CC=C(C)CCC=C(C)C)C1=O. The maximum Gasteiger partial charge on any atom is 0.183 e. The second kappa shape index (κ2) is 15.0. The number of carbonyl (C=O) groups excluding carboxylic acids is 3. The van der Waals surface area contributed by atoms with Gasteiger partial charge in [-0.3, -0.25) is 14.4 Å². The van der Waals surface area contributed by atoms with Gasteiger partial charge in [0.05, 0.1) is 11.0 Å². The Morgan fingerprint density at radius 1 is 0.902 bits per heavy atom. The van der Waals surface area contributed by atoms with Crippen molar-refractivity contribution in [2.24, 2.45) is 11.3 Å². The van der Waals surface area contributed by atoms with Crippen LogP contribution in [0.25, 0.3) is 0 Å². The summed E-state index contributed by atoms with van der Waals surface area (Å²) < 4.78 is 6.61. The van der Waals surface area contributed by atoms with E-state index in [9.17, 15) is 39.9 Å². The van der Waals surface area contributed by atoms with Gasteiger partial charge in [-0.25, -0.2) is 0 Å². The van der Waals surface area contributed by atoms with Gasteiger partial charge in [0.15, 0.2) is 17.3 Å². The molecule has 5 N–H and O–H groups in total. The average molecular weight is 707 g/mol. The van der Waals surface area contributed by atoms with Gasteiger partial charge in [-0.05, 0) is 99.8 Å². The Kier molecular flexibility index (Phi) is 11.8. The van der Waals surface area contributed by atoms with E-state index in [4.69, 9.17) is 4.74 Å². The number of aromatic hydroxyl groups is 2. The first-order valence-electron chi connectivity index (χ1n) is 18.5. The number of ketones is 3. The molecule has 0 aromatic heterocycles. The minimum absolute atomic E-state index is 0.00263. The predicted octanol–water partition coefficient (Wildman–Crippen LogP) is 9.09. The summed E-state index contributed by atoms with van der Waals surface area (Å²) >= 11 is 0. The fourth-order valence-electron chi connectivity index (χ4n) is 8.18. The van der Waals surface area contributed by atoms with Gasteiger partial charge in [0.1, 0.15) is 45.5 Å². The Bertz CT molecular complexity index is 1710. The van der Waals surface area contributed by atoms with Crippen LogP contribution in [0.15, 0.2) is 46.0 Å². The fraction of sp³-hybridized carbons (Fsp3) is 0.595. The smallest absolute Gasteiger partial charge is 0.183 e. The monoisotopic (exact) mass is 706 g/mol. The number of phenolic OH excluding ortho intramolecular Hbond substituents is 2. The number of Topliss-reactive ketones (excluding diaryl/α,β-unsaturated/α-hetero) is 3. The van der Waals surface area contributed by atoms with Crippen molar-refractivity contribution in [1.29, 1.82) is 0 Å². The highest BCUT2D eigenvalue weighted by Crippen LogP contribution is 2.60. The third-order valence-electron chi connectivity index (χ3n) is 11.2. The maximum atomic E-state index is 14.1. The van der Waals surface area contributed by atoms with Gasteiger partial charge in [-0.2, -0.15) is 0 Å². The number of rotatable bonds is 13. The van der Waals surface area contributed by atoms with Gasteiger partial charge >= 0.3 is 0 Å². The summed E-state index contributed by atoms with van der Waals surface area (Å²) in [5, 5.41) is 58.5. The number of fused-ring (bicyclic) bond motifs is 3. The average Bonchev–Trinajstić information content (AvgIpc) is 3.01. The van der Waals surface area contributed by atoms with E-state index in [1.54, 1.807) is 20.8 Å². The van der Waals surface area contributed by atoms with Crippen LogP contribution in [0, 0.1) is 11.3 Å². The van der Waals surface area contributed by atoms with Crippen molar-refractivity contribution >= 4 is 17.3 Å². The molecule has 9 nitrogen and oxygen atoms in total. The van der Waals surface area contributed by atoms with Gasteiger partial charge in [-0.1, -0.05) is 37.1 Å². The number of phenols is 2. The lowest BCUT2D eigenvalue weighted by atomic mass is 9.62. The highest BCUT2D eigenvalue weighted by Gasteiger charge is 2.53. The van der Waals surface area contributed by atoms with Crippen LogP contribution in [-0.2, 0) is 16.0 Å². The van der Waals surface area contributed by atoms with Crippen molar-refractivity contribution in [2.45, 2.75) is 150 Å². The van der Waals surface area contributed by atoms with Crippen LogP contribution in [0.4, 0.5) is 0 Å². The highest BCUT2D eigenvalue weighted by atomic mass is 16.5. The van der Waals surface area contributed by atoms with Crippen LogP contribution in [0.5, 0.6) is 17.2 Å². The quantitative estimate of drug-likeness (QED) is 0.0765. The molecule has 1 aliphatic heterocycles. The van der Waals surface area contributed by atoms with Crippen LogP contribution < -0.4 is 4.74 Å². The van der Waals surface area contributed by atoms with E-state index in [-0.39, 0.29) is 54.1 Å². The van der Waals surface area contributed by atoms with Gasteiger partial charge in [0.25, 0.3) is 0 Å². The number of hydrogen-bond donors (Lipinski definition) is 5. The molecule has 0 unspecified atom stereocenters. The summed E-state index contributed by atoms with van der Waals surface area (Å²) in [7, 11) is 0. The van der Waals surface area contributed by atoms with E-state index in [2.05, 4.69) is 6.08 Å². The predicted molar refractivity (Wildman–Crippen MR) is 198 cm³/mol. The number of carbonyl (C=O) groups is 3. The Morgan fingerprint density at radius 2 is 1.53 bits per heavy atom. The summed E-state index contributed by atoms with van der Waals surface area (Å²) in [5.74, 6) is -4.27. The number of benzene rings is 1. The number of aliphatic hydroxyl groups excluding tert-OH is 2. The van der Waals surface area contributed by atoms with Crippen molar-refractivity contribution in [3.8, 4) is 17.2 Å². The summed E-state index contributed by atoms with van der Waals surface area (Å²) in [4.78, 5) is 41.1. The number of ether oxygens (including phenoxy) is 1. The lowest BCUT2D eigenvalue weighted by Crippen LogP contribution is -2.50. The molecule has 0 amide bonds. The number of aliphatic hydroxyl groups is 3. The normalized spacial score (nSPS) is 26.0. The third-order valence-corrected chi connectivity index (χ3v) is 11.2. The number of hydrogen-bond acceptors (Lipinski definition) is 9. The van der Waals surface area contributed by atoms with E-state index in [1.807, 2.05) is 47.6 Å². The van der Waals surface area contributed by atoms with Gasteiger partial charge < -0.3 is 30.3 Å². The van der Waals surface area contributed by atoms with Crippen molar-refractivity contribution in [3.63, 3.8) is 0 Å². The van der Waals surface area contributed by atoms with Crippen LogP contribution in [0.2, 0.25) is 0 Å². The minimum atomic E-state index is -1.61. The summed E-state index contributed by atoms with van der Waals surface area (Å²) in [6.07, 6.45) is 7.50. The molecule has 0 spiro atoms. The molecule has 4 atom stereocenters. The van der Waals surface area contributed by atoms with Crippen LogP contribution >= 0.6 is 0 Å². The zero-order valence-electron chi connectivity index (χ0n) is 32.0. The van der Waals surface area contributed by atoms with Crippen LogP contribution in [0.1, 0.15) is 154 Å². The van der Waals surface area contributed by atoms with Crippen molar-refractivity contribution in [1.82, 2.24) is 0 Å². The zero-order valence-corrected chi connectivity index (χ0v) is 32.0. The first-order valence-corrected chi connectivity index (χ1v) is 18.5. The first kappa shape index (κ1) is 39.9. The molecule has 1 heterocycles. The van der Waals surface area contributed by atoms with E-state index in [0.717, 1.165) is 18.4 Å². The molecule has 1 saturated carbocycles. The van der Waals surface area contributed by atoms with Crippen LogP contribution in [0.3, 0.4) is 0 Å². The molecule has 4 rings (SSSR count). The van der Waals surface area contributed by atoms with Crippen LogP contribution in [-0.4, -0.2) is 54.1 Å². The Labute approximate surface area is 302 Å². The number of allylic oxidation sites excluding steroid dienone is 7. The second-order valence-electron chi connectivity index (χ2n) is 16.3. The summed E-state index contributed by atoms with van der Waals surface area (Å²) in [5.41, 5.74) is -1.79.